The van der Waals surface area contributed by atoms with Gasteiger partial charge in [0.15, 0.2) is 5.78 Å². The van der Waals surface area contributed by atoms with E-state index in [1.807, 2.05) is 55.5 Å². The zero-order valence-electron chi connectivity index (χ0n) is 15.6. The Morgan fingerprint density at radius 1 is 1.11 bits per heavy atom. The summed E-state index contributed by atoms with van der Waals surface area (Å²) in [6.45, 7) is 2.26. The number of nitrogens with two attached hydrogens (primary N) is 1. The quantitative estimate of drug-likeness (QED) is 0.488. The minimum Gasteiger partial charge on any atom is -0.368 e. The van der Waals surface area contributed by atoms with Crippen molar-refractivity contribution in [1.29, 1.82) is 0 Å². The van der Waals surface area contributed by atoms with Crippen molar-refractivity contribution in [2.45, 2.75) is 32.4 Å². The van der Waals surface area contributed by atoms with Crippen LogP contribution < -0.4 is 11.1 Å². The zero-order valence-corrected chi connectivity index (χ0v) is 15.6. The Morgan fingerprint density at radius 3 is 2.43 bits per heavy atom. The van der Waals surface area contributed by atoms with Crippen molar-refractivity contribution in [3.05, 3.63) is 54.1 Å². The second kappa shape index (κ2) is 9.01. The van der Waals surface area contributed by atoms with Crippen LogP contribution in [-0.4, -0.2) is 38.4 Å². The zero-order chi connectivity index (χ0) is 19.9. The van der Waals surface area contributed by atoms with Gasteiger partial charge in [0.2, 0.25) is 11.7 Å². The number of H-pyrrole nitrogens is 1. The van der Waals surface area contributed by atoms with Crippen LogP contribution in [0.4, 0.5) is 0 Å². The predicted octanol–water partition coefficient (Wildman–Crippen LogP) is 1.85. The molecule has 0 aliphatic heterocycles. The first-order valence-corrected chi connectivity index (χ1v) is 9.07. The smallest absolute Gasteiger partial charge is 0.242 e. The molecule has 28 heavy (non-hydrogen) atoms. The average Bonchev–Trinajstić information content (AvgIpc) is 3.23. The summed E-state index contributed by atoms with van der Waals surface area (Å²) in [5.41, 5.74) is 9.15. The lowest BCUT2D eigenvalue weighted by molar-refractivity contribution is -0.129. The van der Waals surface area contributed by atoms with Crippen molar-refractivity contribution in [2.75, 3.05) is 0 Å². The Morgan fingerprint density at radius 2 is 1.82 bits per heavy atom. The normalized spacial score (nSPS) is 11.9. The van der Waals surface area contributed by atoms with E-state index in [0.29, 0.717) is 25.2 Å². The first-order chi connectivity index (χ1) is 13.6. The van der Waals surface area contributed by atoms with E-state index < -0.39 is 11.9 Å². The number of amides is 1. The molecule has 0 saturated carbocycles. The molecule has 3 rings (SSSR count). The molecule has 4 N–H and O–H groups in total. The first kappa shape index (κ1) is 19.4. The number of carbonyl (C=O) groups excluding carboxylic acids is 2. The summed E-state index contributed by atoms with van der Waals surface area (Å²) >= 11 is 0. The van der Waals surface area contributed by atoms with Gasteiger partial charge in [0.25, 0.3) is 0 Å². The van der Waals surface area contributed by atoms with Gasteiger partial charge in [-0.25, -0.2) is 0 Å². The molecule has 8 nitrogen and oxygen atoms in total. The Kier molecular flexibility index (Phi) is 6.23. The van der Waals surface area contributed by atoms with Gasteiger partial charge < -0.3 is 5.73 Å². The topological polar surface area (TPSA) is 127 Å². The Bertz CT molecular complexity index is 938. The molecule has 0 saturated heterocycles. The van der Waals surface area contributed by atoms with Gasteiger partial charge >= 0.3 is 0 Å². The van der Waals surface area contributed by atoms with Crippen molar-refractivity contribution in [1.82, 2.24) is 25.9 Å². The standard InChI is InChI=1S/C20H22N6O2/c1-2-5-17(27)18(19(21)28)22-12-13-8-10-14(11-9-13)15-6-3-4-7-16(15)20-23-25-26-24-20/h3-4,6-11,18,22H,2,5,12H2,1H3,(H2,21,28)(H,23,24,25,26). The van der Waals surface area contributed by atoms with E-state index in [4.69, 9.17) is 5.73 Å². The SMILES string of the molecule is CCCC(=O)C(NCc1ccc(-c2ccccc2-c2nn[nH]n2)cc1)C(N)=O. The highest BCUT2D eigenvalue weighted by Gasteiger charge is 2.22. The lowest BCUT2D eigenvalue weighted by Crippen LogP contribution is -2.46. The molecule has 0 bridgehead atoms. The summed E-state index contributed by atoms with van der Waals surface area (Å²) in [5, 5.41) is 17.2. The summed E-state index contributed by atoms with van der Waals surface area (Å²) in [6, 6.07) is 14.7. The number of ketones is 1. The van der Waals surface area contributed by atoms with Crippen molar-refractivity contribution in [3.8, 4) is 22.5 Å². The van der Waals surface area contributed by atoms with Gasteiger partial charge in [0.05, 0.1) is 0 Å². The molecule has 1 unspecified atom stereocenters. The highest BCUT2D eigenvalue weighted by Crippen LogP contribution is 2.29. The number of hydrogen-bond donors (Lipinski definition) is 3. The Balaban J connectivity index is 1.74. The minimum absolute atomic E-state index is 0.180. The van der Waals surface area contributed by atoms with Crippen LogP contribution in [0.5, 0.6) is 0 Å². The molecule has 144 valence electrons. The molecule has 8 heteroatoms. The molecule has 1 atom stereocenters. The van der Waals surface area contributed by atoms with Crippen molar-refractivity contribution in [2.24, 2.45) is 5.73 Å². The second-order valence-electron chi connectivity index (χ2n) is 6.41. The number of primary amides is 1. The number of hydrogen-bond acceptors (Lipinski definition) is 6. The average molecular weight is 378 g/mol. The fourth-order valence-corrected chi connectivity index (χ4v) is 2.99. The van der Waals surface area contributed by atoms with Gasteiger partial charge in [-0.15, -0.1) is 10.2 Å². The van der Waals surface area contributed by atoms with Gasteiger partial charge in [0.1, 0.15) is 6.04 Å². The van der Waals surface area contributed by atoms with Gasteiger partial charge in [-0.1, -0.05) is 55.5 Å². The molecule has 1 heterocycles. The van der Waals surface area contributed by atoms with Crippen molar-refractivity contribution < 1.29 is 9.59 Å². The molecule has 1 amide bonds. The van der Waals surface area contributed by atoms with Crippen LogP contribution >= 0.6 is 0 Å². The maximum atomic E-state index is 12.0. The lowest BCUT2D eigenvalue weighted by atomic mass is 9.98. The van der Waals surface area contributed by atoms with E-state index in [2.05, 4.69) is 25.9 Å². The molecule has 0 fully saturated rings. The monoisotopic (exact) mass is 378 g/mol. The number of tetrazole rings is 1. The molecule has 3 aromatic rings. The van der Waals surface area contributed by atoms with E-state index >= 15 is 0 Å². The first-order valence-electron chi connectivity index (χ1n) is 9.07. The van der Waals surface area contributed by atoms with E-state index in [-0.39, 0.29) is 5.78 Å². The number of nitrogens with zero attached hydrogens (tertiary/aromatic N) is 3. The van der Waals surface area contributed by atoms with E-state index in [0.717, 1.165) is 22.3 Å². The number of carbonyl (C=O) groups is 2. The van der Waals surface area contributed by atoms with Gasteiger partial charge in [0, 0.05) is 18.5 Å². The molecular weight excluding hydrogens is 356 g/mol. The third kappa shape index (κ3) is 4.47. The fourth-order valence-electron chi connectivity index (χ4n) is 2.99. The highest BCUT2D eigenvalue weighted by molar-refractivity contribution is 6.04. The van der Waals surface area contributed by atoms with Crippen LogP contribution in [0, 0.1) is 0 Å². The largest absolute Gasteiger partial charge is 0.368 e. The van der Waals surface area contributed by atoms with Crippen LogP contribution in [0.3, 0.4) is 0 Å². The molecule has 0 aliphatic rings. The van der Waals surface area contributed by atoms with Crippen LogP contribution in [0.2, 0.25) is 0 Å². The number of nitrogens with one attached hydrogen (secondary N) is 2. The van der Waals surface area contributed by atoms with Crippen LogP contribution in [-0.2, 0) is 16.1 Å². The minimum atomic E-state index is -0.960. The maximum Gasteiger partial charge on any atom is 0.242 e. The lowest BCUT2D eigenvalue weighted by Gasteiger charge is -2.14. The number of aromatic amines is 1. The van der Waals surface area contributed by atoms with E-state index in [1.165, 1.54) is 0 Å². The molecule has 0 radical (unpaired) electrons. The van der Waals surface area contributed by atoms with Gasteiger partial charge in [-0.05, 0) is 28.3 Å². The number of benzene rings is 2. The van der Waals surface area contributed by atoms with Crippen LogP contribution in [0.25, 0.3) is 22.5 Å². The third-order valence-corrected chi connectivity index (χ3v) is 4.39. The van der Waals surface area contributed by atoms with Crippen molar-refractivity contribution in [3.63, 3.8) is 0 Å². The Labute approximate surface area is 162 Å². The van der Waals surface area contributed by atoms with Crippen LogP contribution in [0.15, 0.2) is 48.5 Å². The van der Waals surface area contributed by atoms with E-state index in [1.54, 1.807) is 0 Å². The summed E-state index contributed by atoms with van der Waals surface area (Å²) in [4.78, 5) is 23.6. The van der Waals surface area contributed by atoms with Gasteiger partial charge in [-0.3, -0.25) is 14.9 Å². The van der Waals surface area contributed by atoms with Gasteiger partial charge in [-0.2, -0.15) is 5.21 Å². The number of rotatable bonds is 9. The fraction of sp³-hybridized carbons (Fsp3) is 0.250. The summed E-state index contributed by atoms with van der Waals surface area (Å²) in [7, 11) is 0. The predicted molar refractivity (Wildman–Crippen MR) is 105 cm³/mol. The molecule has 2 aromatic carbocycles. The van der Waals surface area contributed by atoms with Crippen molar-refractivity contribution >= 4 is 11.7 Å². The van der Waals surface area contributed by atoms with Crippen LogP contribution in [0.1, 0.15) is 25.3 Å². The Hall–Kier alpha value is -3.39. The summed E-state index contributed by atoms with van der Waals surface area (Å²) < 4.78 is 0. The third-order valence-electron chi connectivity index (χ3n) is 4.39. The highest BCUT2D eigenvalue weighted by atomic mass is 16.2. The molecular formula is C20H22N6O2. The molecule has 0 spiro atoms. The number of aromatic nitrogens is 4. The number of Topliss-reactive ketones (excluding diaryl/α,β-unsaturated/α-hetero) is 1. The second-order valence-corrected chi connectivity index (χ2v) is 6.41. The summed E-state index contributed by atoms with van der Waals surface area (Å²) in [5.74, 6) is -0.301. The maximum absolute atomic E-state index is 12.0. The van der Waals surface area contributed by atoms with E-state index in [9.17, 15) is 9.59 Å². The summed E-state index contributed by atoms with van der Waals surface area (Å²) in [6.07, 6.45) is 1.01. The molecule has 1 aromatic heterocycles. The molecule has 0 aliphatic carbocycles.